The minimum atomic E-state index is -1.67. The second kappa shape index (κ2) is 5.78. The maximum atomic E-state index is 11.4. The third kappa shape index (κ3) is 3.56. The van der Waals surface area contributed by atoms with E-state index in [0.717, 1.165) is 4.90 Å². The monoisotopic (exact) mass is 318 g/mol. The Balaban J connectivity index is 3.51. The van der Waals surface area contributed by atoms with Gasteiger partial charge in [0.15, 0.2) is 6.04 Å². The Labute approximate surface area is 125 Å². The molecule has 1 atom stereocenters. The highest BCUT2D eigenvalue weighted by molar-refractivity contribution is 6.28. The number of rotatable bonds is 5. The second-order valence-electron chi connectivity index (χ2n) is 5.01. The number of hydrogen-bond donors (Lipinski definition) is 2. The van der Waals surface area contributed by atoms with Gasteiger partial charge in [0, 0.05) is 7.05 Å². The van der Waals surface area contributed by atoms with Crippen molar-refractivity contribution in [1.29, 1.82) is 0 Å². The second-order valence-corrected chi connectivity index (χ2v) is 5.35. The molecule has 0 unspecified atom stereocenters. The van der Waals surface area contributed by atoms with Crippen LogP contribution in [-0.2, 0) is 4.79 Å². The lowest BCUT2D eigenvalue weighted by Crippen LogP contribution is -2.53. The minimum absolute atomic E-state index is 0.00161. The fourth-order valence-corrected chi connectivity index (χ4v) is 2.25. The summed E-state index contributed by atoms with van der Waals surface area (Å²) in [4.78, 5) is 30.2. The summed E-state index contributed by atoms with van der Waals surface area (Å²) in [5.74, 6) is -1.63. The number of nitrogens with zero attached hydrogens (tertiary/aromatic N) is 4. The van der Waals surface area contributed by atoms with Crippen molar-refractivity contribution >= 4 is 29.1 Å². The number of carboxylic acids is 1. The fourth-order valence-electron chi connectivity index (χ4n) is 2.04. The average molecular weight is 319 g/mol. The molecular formula is C11H15ClN4O5. The van der Waals surface area contributed by atoms with Crippen molar-refractivity contribution in [2.45, 2.75) is 32.4 Å². The maximum Gasteiger partial charge on any atom is 0.332 e. The van der Waals surface area contributed by atoms with Crippen LogP contribution < -0.4 is 4.90 Å². The van der Waals surface area contributed by atoms with Gasteiger partial charge in [0.2, 0.25) is 11.1 Å². The molecule has 0 aromatic carbocycles. The zero-order valence-electron chi connectivity index (χ0n) is 11.9. The summed E-state index contributed by atoms with van der Waals surface area (Å²) < 4.78 is 0. The van der Waals surface area contributed by atoms with Gasteiger partial charge in [-0.25, -0.2) is 9.78 Å². The van der Waals surface area contributed by atoms with Gasteiger partial charge in [-0.3, -0.25) is 10.1 Å². The van der Waals surface area contributed by atoms with E-state index in [0.29, 0.717) is 0 Å². The molecule has 0 amide bonds. The first-order valence-electron chi connectivity index (χ1n) is 5.83. The molecule has 21 heavy (non-hydrogen) atoms. The molecule has 10 heteroatoms. The van der Waals surface area contributed by atoms with Gasteiger partial charge < -0.3 is 15.1 Å². The van der Waals surface area contributed by atoms with E-state index in [1.54, 1.807) is 0 Å². The van der Waals surface area contributed by atoms with Crippen molar-refractivity contribution in [2.75, 3.05) is 11.9 Å². The molecule has 1 aromatic heterocycles. The largest absolute Gasteiger partial charge is 0.480 e. The summed E-state index contributed by atoms with van der Waals surface area (Å²) in [6, 6.07) is -1.46. The van der Waals surface area contributed by atoms with Gasteiger partial charge in [0.25, 0.3) is 0 Å². The van der Waals surface area contributed by atoms with Crippen molar-refractivity contribution in [3.8, 4) is 0 Å². The maximum absolute atomic E-state index is 11.4. The summed E-state index contributed by atoms with van der Waals surface area (Å²) in [6.45, 7) is 3.93. The smallest absolute Gasteiger partial charge is 0.332 e. The highest BCUT2D eigenvalue weighted by Crippen LogP contribution is 2.32. The van der Waals surface area contributed by atoms with Gasteiger partial charge in [-0.2, -0.15) is 4.98 Å². The Hall–Kier alpha value is -2.00. The Morgan fingerprint density at radius 2 is 2.00 bits per heavy atom. The van der Waals surface area contributed by atoms with Crippen LogP contribution in [-0.4, -0.2) is 49.8 Å². The summed E-state index contributed by atoms with van der Waals surface area (Å²) in [6.07, 6.45) is 0. The first-order valence-corrected chi connectivity index (χ1v) is 6.21. The van der Waals surface area contributed by atoms with Crippen molar-refractivity contribution in [1.82, 2.24) is 9.97 Å². The minimum Gasteiger partial charge on any atom is -0.480 e. The fraction of sp³-hybridized carbons (Fsp3) is 0.545. The van der Waals surface area contributed by atoms with Gasteiger partial charge in [-0.05, 0) is 32.4 Å². The van der Waals surface area contributed by atoms with Crippen LogP contribution in [0, 0.1) is 17.0 Å². The number of aliphatic carboxylic acids is 1. The van der Waals surface area contributed by atoms with Gasteiger partial charge in [0.05, 0.1) is 10.5 Å². The Bertz CT molecular complexity index is 587. The molecule has 0 aliphatic carbocycles. The highest BCUT2D eigenvalue weighted by Gasteiger charge is 2.40. The van der Waals surface area contributed by atoms with Crippen LogP contribution in [0.3, 0.4) is 0 Å². The summed E-state index contributed by atoms with van der Waals surface area (Å²) in [7, 11) is 1.28. The van der Waals surface area contributed by atoms with Crippen LogP contribution >= 0.6 is 11.6 Å². The number of anilines is 1. The number of aliphatic hydroxyl groups is 1. The van der Waals surface area contributed by atoms with Crippen LogP contribution in [0.25, 0.3) is 0 Å². The predicted molar refractivity (Wildman–Crippen MR) is 74.6 cm³/mol. The van der Waals surface area contributed by atoms with Crippen molar-refractivity contribution in [2.24, 2.45) is 0 Å². The molecule has 1 heterocycles. The first-order chi connectivity index (χ1) is 9.46. The standard InChI is InChI=1S/C11H15ClN4O5/c1-5-6(16(20)21)8(14-10(12)13-5)15(4)7(9(17)18)11(2,3)19/h7,19H,1-4H3,(H,17,18)/t7-/m1/s1. The van der Waals surface area contributed by atoms with E-state index in [1.165, 1.54) is 27.8 Å². The third-order valence-corrected chi connectivity index (χ3v) is 2.99. The van der Waals surface area contributed by atoms with Gasteiger partial charge >= 0.3 is 11.7 Å². The number of carboxylic acid groups (broad SMARTS) is 1. The van der Waals surface area contributed by atoms with Gasteiger partial charge in [-0.15, -0.1) is 0 Å². The molecule has 0 fully saturated rings. The Kier molecular flexibility index (Phi) is 4.69. The molecule has 0 aliphatic rings. The molecule has 1 aromatic rings. The van der Waals surface area contributed by atoms with E-state index in [9.17, 15) is 25.1 Å². The molecule has 0 saturated carbocycles. The van der Waals surface area contributed by atoms with Crippen molar-refractivity contribution in [3.05, 3.63) is 21.1 Å². The molecule has 0 radical (unpaired) electrons. The summed E-state index contributed by atoms with van der Waals surface area (Å²) in [5, 5.41) is 30.1. The molecule has 0 aliphatic heterocycles. The van der Waals surface area contributed by atoms with E-state index in [2.05, 4.69) is 9.97 Å². The zero-order chi connectivity index (χ0) is 16.5. The van der Waals surface area contributed by atoms with Crippen LogP contribution in [0.5, 0.6) is 0 Å². The number of likely N-dealkylation sites (N-methyl/N-ethyl adjacent to an activating group) is 1. The van der Waals surface area contributed by atoms with E-state index < -0.39 is 28.2 Å². The number of hydrogen-bond acceptors (Lipinski definition) is 7. The number of halogens is 1. The normalized spacial score (nSPS) is 12.9. The van der Waals surface area contributed by atoms with E-state index in [-0.39, 0.29) is 16.8 Å². The van der Waals surface area contributed by atoms with E-state index in [1.807, 2.05) is 0 Å². The van der Waals surface area contributed by atoms with E-state index >= 15 is 0 Å². The summed E-state index contributed by atoms with van der Waals surface area (Å²) in [5.41, 5.74) is -2.13. The van der Waals surface area contributed by atoms with Gasteiger partial charge in [0.1, 0.15) is 5.69 Å². The zero-order valence-corrected chi connectivity index (χ0v) is 12.6. The number of aryl methyl sites for hydroxylation is 1. The molecule has 2 N–H and O–H groups in total. The Morgan fingerprint density at radius 3 is 2.38 bits per heavy atom. The molecule has 1 rings (SSSR count). The van der Waals surface area contributed by atoms with Crippen molar-refractivity contribution in [3.63, 3.8) is 0 Å². The lowest BCUT2D eigenvalue weighted by Gasteiger charge is -2.33. The van der Waals surface area contributed by atoms with Crippen LogP contribution in [0.1, 0.15) is 19.5 Å². The molecule has 9 nitrogen and oxygen atoms in total. The average Bonchev–Trinajstić information content (AvgIpc) is 2.24. The van der Waals surface area contributed by atoms with Crippen LogP contribution in [0.2, 0.25) is 5.28 Å². The lowest BCUT2D eigenvalue weighted by molar-refractivity contribution is -0.385. The molecule has 0 saturated heterocycles. The van der Waals surface area contributed by atoms with Crippen molar-refractivity contribution < 1.29 is 19.9 Å². The first kappa shape index (κ1) is 17.1. The third-order valence-electron chi connectivity index (χ3n) is 2.82. The van der Waals surface area contributed by atoms with Crippen LogP contribution in [0.15, 0.2) is 0 Å². The number of aromatic nitrogens is 2. The molecule has 0 spiro atoms. The summed E-state index contributed by atoms with van der Waals surface area (Å²) >= 11 is 5.69. The van der Waals surface area contributed by atoms with Crippen LogP contribution in [0.4, 0.5) is 11.5 Å². The SMILES string of the molecule is Cc1nc(Cl)nc(N(C)[C@H](C(=O)O)C(C)(C)O)c1[N+](=O)[O-]. The quantitative estimate of drug-likeness (QED) is 0.467. The van der Waals surface area contributed by atoms with Gasteiger partial charge in [-0.1, -0.05) is 0 Å². The molecule has 0 bridgehead atoms. The Morgan fingerprint density at radius 1 is 1.48 bits per heavy atom. The lowest BCUT2D eigenvalue weighted by atomic mass is 9.97. The number of nitro groups is 1. The number of carbonyl (C=O) groups is 1. The highest BCUT2D eigenvalue weighted by atomic mass is 35.5. The molecule has 116 valence electrons. The predicted octanol–water partition coefficient (Wildman–Crippen LogP) is 1.01. The van der Waals surface area contributed by atoms with E-state index in [4.69, 9.17) is 11.6 Å². The topological polar surface area (TPSA) is 130 Å². The molecular weight excluding hydrogens is 304 g/mol.